The molecule has 3 heteroatoms. The number of hydrogen-bond donors (Lipinski definition) is 0. The first-order chi connectivity index (χ1) is 9.18. The second kappa shape index (κ2) is 5.96. The Labute approximate surface area is 113 Å². The SMILES string of the molecule is CC(=O)N(C(C)=Nc1ccccc1)c1ccccc1. The number of aliphatic imine (C=N–C) groups is 1. The smallest absolute Gasteiger partial charge is 0.229 e. The van der Waals surface area contributed by atoms with Crippen molar-refractivity contribution < 1.29 is 4.79 Å². The highest BCUT2D eigenvalue weighted by Crippen LogP contribution is 2.17. The van der Waals surface area contributed by atoms with Crippen molar-refractivity contribution in [3.63, 3.8) is 0 Å². The Balaban J connectivity index is 2.35. The molecule has 0 unspecified atom stereocenters. The highest BCUT2D eigenvalue weighted by atomic mass is 16.2. The summed E-state index contributed by atoms with van der Waals surface area (Å²) >= 11 is 0. The van der Waals surface area contributed by atoms with Crippen LogP contribution in [0.5, 0.6) is 0 Å². The van der Waals surface area contributed by atoms with E-state index >= 15 is 0 Å². The fourth-order valence-corrected chi connectivity index (χ4v) is 1.91. The Morgan fingerprint density at radius 3 is 1.95 bits per heavy atom. The molecule has 0 bridgehead atoms. The highest BCUT2D eigenvalue weighted by Gasteiger charge is 2.14. The van der Waals surface area contributed by atoms with Crippen LogP contribution in [0.4, 0.5) is 11.4 Å². The standard InChI is InChI=1S/C16H16N2O/c1-13(17-15-9-5-3-6-10-15)18(14(2)19)16-11-7-4-8-12-16/h3-12H,1-2H3. The van der Waals surface area contributed by atoms with Crippen LogP contribution in [-0.4, -0.2) is 11.7 Å². The molecule has 2 rings (SSSR count). The number of rotatable bonds is 2. The van der Waals surface area contributed by atoms with Gasteiger partial charge in [0.25, 0.3) is 0 Å². The maximum Gasteiger partial charge on any atom is 0.229 e. The molecule has 0 saturated carbocycles. The summed E-state index contributed by atoms with van der Waals surface area (Å²) in [5.74, 6) is 0.605. The van der Waals surface area contributed by atoms with Crippen LogP contribution in [0.3, 0.4) is 0 Å². The minimum absolute atomic E-state index is 0.0524. The molecule has 0 aliphatic rings. The molecule has 19 heavy (non-hydrogen) atoms. The zero-order valence-electron chi connectivity index (χ0n) is 11.1. The average molecular weight is 252 g/mol. The number of carbonyl (C=O) groups excluding carboxylic acids is 1. The summed E-state index contributed by atoms with van der Waals surface area (Å²) in [6, 6.07) is 19.1. The summed E-state index contributed by atoms with van der Waals surface area (Å²) in [4.78, 5) is 17.9. The van der Waals surface area contributed by atoms with Gasteiger partial charge in [-0.25, -0.2) is 4.99 Å². The largest absolute Gasteiger partial charge is 0.274 e. The summed E-state index contributed by atoms with van der Waals surface area (Å²) < 4.78 is 0. The van der Waals surface area contributed by atoms with Gasteiger partial charge in [0.05, 0.1) is 11.4 Å². The fourth-order valence-electron chi connectivity index (χ4n) is 1.91. The van der Waals surface area contributed by atoms with Crippen molar-refractivity contribution in [1.29, 1.82) is 0 Å². The zero-order valence-corrected chi connectivity index (χ0v) is 11.1. The molecule has 0 fully saturated rings. The van der Waals surface area contributed by atoms with E-state index in [0.29, 0.717) is 5.84 Å². The third-order valence-corrected chi connectivity index (χ3v) is 2.70. The first-order valence-corrected chi connectivity index (χ1v) is 6.14. The molecular weight excluding hydrogens is 236 g/mol. The van der Waals surface area contributed by atoms with E-state index in [2.05, 4.69) is 4.99 Å². The molecule has 0 N–H and O–H groups in total. The van der Waals surface area contributed by atoms with E-state index in [4.69, 9.17) is 0 Å². The third-order valence-electron chi connectivity index (χ3n) is 2.70. The van der Waals surface area contributed by atoms with Crippen molar-refractivity contribution >= 4 is 23.1 Å². The topological polar surface area (TPSA) is 32.7 Å². The van der Waals surface area contributed by atoms with Crippen LogP contribution in [0.1, 0.15) is 13.8 Å². The van der Waals surface area contributed by atoms with E-state index in [1.165, 1.54) is 6.92 Å². The first kappa shape index (κ1) is 13.0. The Morgan fingerprint density at radius 2 is 1.42 bits per heavy atom. The predicted octanol–water partition coefficient (Wildman–Crippen LogP) is 3.79. The fraction of sp³-hybridized carbons (Fsp3) is 0.125. The minimum atomic E-state index is -0.0524. The lowest BCUT2D eigenvalue weighted by Gasteiger charge is -2.20. The van der Waals surface area contributed by atoms with Gasteiger partial charge in [-0.2, -0.15) is 0 Å². The van der Waals surface area contributed by atoms with Crippen molar-refractivity contribution in [3.8, 4) is 0 Å². The van der Waals surface area contributed by atoms with Gasteiger partial charge < -0.3 is 0 Å². The summed E-state index contributed by atoms with van der Waals surface area (Å²) in [5, 5.41) is 0. The van der Waals surface area contributed by atoms with Crippen molar-refractivity contribution in [2.75, 3.05) is 4.90 Å². The minimum Gasteiger partial charge on any atom is -0.274 e. The molecule has 96 valence electrons. The number of anilines is 1. The Bertz CT molecular complexity index is 576. The van der Waals surface area contributed by atoms with Crippen LogP contribution in [0.2, 0.25) is 0 Å². The average Bonchev–Trinajstić information content (AvgIpc) is 2.40. The lowest BCUT2D eigenvalue weighted by molar-refractivity contribution is -0.115. The first-order valence-electron chi connectivity index (χ1n) is 6.14. The molecule has 1 amide bonds. The molecule has 0 radical (unpaired) electrons. The van der Waals surface area contributed by atoms with Crippen molar-refractivity contribution in [3.05, 3.63) is 60.7 Å². The maximum absolute atomic E-state index is 11.8. The number of carbonyl (C=O) groups is 1. The van der Waals surface area contributed by atoms with Crippen molar-refractivity contribution in [2.24, 2.45) is 4.99 Å². The lowest BCUT2D eigenvalue weighted by atomic mass is 10.2. The Hall–Kier alpha value is -2.42. The molecule has 0 atom stereocenters. The Morgan fingerprint density at radius 1 is 0.895 bits per heavy atom. The number of amidine groups is 1. The van der Waals surface area contributed by atoms with Gasteiger partial charge >= 0.3 is 0 Å². The van der Waals surface area contributed by atoms with Gasteiger partial charge in [0, 0.05) is 6.92 Å². The van der Waals surface area contributed by atoms with Crippen molar-refractivity contribution in [1.82, 2.24) is 0 Å². The summed E-state index contributed by atoms with van der Waals surface area (Å²) in [5.41, 5.74) is 1.66. The zero-order chi connectivity index (χ0) is 13.7. The van der Waals surface area contributed by atoms with E-state index in [9.17, 15) is 4.79 Å². The van der Waals surface area contributed by atoms with E-state index in [1.54, 1.807) is 4.90 Å². The Kier molecular flexibility index (Phi) is 4.08. The lowest BCUT2D eigenvalue weighted by Crippen LogP contribution is -2.33. The molecule has 0 spiro atoms. The summed E-state index contributed by atoms with van der Waals surface area (Å²) in [6.07, 6.45) is 0. The summed E-state index contributed by atoms with van der Waals surface area (Å²) in [6.45, 7) is 3.37. The van der Waals surface area contributed by atoms with Crippen LogP contribution in [0.15, 0.2) is 65.7 Å². The molecule has 0 aromatic heterocycles. The molecule has 0 saturated heterocycles. The normalized spacial score (nSPS) is 11.2. The second-order valence-corrected chi connectivity index (χ2v) is 4.18. The van der Waals surface area contributed by atoms with Gasteiger partial charge in [0.2, 0.25) is 5.91 Å². The highest BCUT2D eigenvalue weighted by molar-refractivity contribution is 6.15. The number of hydrogen-bond acceptors (Lipinski definition) is 2. The van der Waals surface area contributed by atoms with Gasteiger partial charge in [-0.05, 0) is 31.2 Å². The van der Waals surface area contributed by atoms with Crippen molar-refractivity contribution in [2.45, 2.75) is 13.8 Å². The molecule has 0 aliphatic carbocycles. The number of para-hydroxylation sites is 2. The van der Waals surface area contributed by atoms with Gasteiger partial charge in [-0.15, -0.1) is 0 Å². The van der Waals surface area contributed by atoms with E-state index in [-0.39, 0.29) is 5.91 Å². The quantitative estimate of drug-likeness (QED) is 0.591. The van der Waals surface area contributed by atoms with Gasteiger partial charge in [0.1, 0.15) is 5.84 Å². The van der Waals surface area contributed by atoms with Crippen LogP contribution in [0.25, 0.3) is 0 Å². The molecule has 2 aromatic rings. The molecule has 0 heterocycles. The molecular formula is C16H16N2O. The van der Waals surface area contributed by atoms with Crippen LogP contribution >= 0.6 is 0 Å². The predicted molar refractivity (Wildman–Crippen MR) is 78.8 cm³/mol. The maximum atomic E-state index is 11.8. The number of amides is 1. The van der Waals surface area contributed by atoms with Gasteiger partial charge in [-0.3, -0.25) is 9.69 Å². The van der Waals surface area contributed by atoms with E-state index in [1.807, 2.05) is 67.6 Å². The van der Waals surface area contributed by atoms with E-state index in [0.717, 1.165) is 11.4 Å². The second-order valence-electron chi connectivity index (χ2n) is 4.18. The molecule has 2 aromatic carbocycles. The monoisotopic (exact) mass is 252 g/mol. The van der Waals surface area contributed by atoms with Gasteiger partial charge in [0.15, 0.2) is 0 Å². The third kappa shape index (κ3) is 3.28. The van der Waals surface area contributed by atoms with Crippen LogP contribution in [0, 0.1) is 0 Å². The summed E-state index contributed by atoms with van der Waals surface area (Å²) in [7, 11) is 0. The molecule has 3 nitrogen and oxygen atoms in total. The van der Waals surface area contributed by atoms with Crippen LogP contribution < -0.4 is 4.90 Å². The molecule has 0 aliphatic heterocycles. The van der Waals surface area contributed by atoms with Crippen LogP contribution in [-0.2, 0) is 4.79 Å². The van der Waals surface area contributed by atoms with E-state index < -0.39 is 0 Å². The number of benzene rings is 2. The number of nitrogens with zero attached hydrogens (tertiary/aromatic N) is 2. The van der Waals surface area contributed by atoms with Gasteiger partial charge in [-0.1, -0.05) is 36.4 Å².